The van der Waals surface area contributed by atoms with E-state index in [2.05, 4.69) is 33.0 Å². The van der Waals surface area contributed by atoms with Crippen molar-refractivity contribution in [3.8, 4) is 0 Å². The van der Waals surface area contributed by atoms with Crippen molar-refractivity contribution in [1.82, 2.24) is 5.32 Å². The molecule has 0 radical (unpaired) electrons. The lowest BCUT2D eigenvalue weighted by molar-refractivity contribution is -0.126. The number of hydrogen-bond acceptors (Lipinski definition) is 2. The van der Waals surface area contributed by atoms with Crippen LogP contribution in [0.3, 0.4) is 0 Å². The van der Waals surface area contributed by atoms with Gasteiger partial charge in [-0.25, -0.2) is 0 Å². The van der Waals surface area contributed by atoms with E-state index in [-0.39, 0.29) is 17.2 Å². The standard InChI is InChI=1S/C13H26N2O/c1-9(10-5-6-10)15-12(16)11(8-14)7-13(2,3)4/h9-11H,5-8,14H2,1-4H3,(H,15,16). The minimum atomic E-state index is -0.0406. The van der Waals surface area contributed by atoms with Crippen LogP contribution >= 0.6 is 0 Å². The zero-order valence-electron chi connectivity index (χ0n) is 11.0. The van der Waals surface area contributed by atoms with Gasteiger partial charge < -0.3 is 11.1 Å². The third kappa shape index (κ3) is 4.52. The van der Waals surface area contributed by atoms with Crippen LogP contribution in [0.4, 0.5) is 0 Å². The van der Waals surface area contributed by atoms with Gasteiger partial charge in [0.05, 0.1) is 5.92 Å². The quantitative estimate of drug-likeness (QED) is 0.752. The van der Waals surface area contributed by atoms with Crippen LogP contribution in [-0.2, 0) is 4.79 Å². The van der Waals surface area contributed by atoms with Gasteiger partial charge in [0.2, 0.25) is 5.91 Å². The first-order chi connectivity index (χ1) is 7.33. The summed E-state index contributed by atoms with van der Waals surface area (Å²) < 4.78 is 0. The summed E-state index contributed by atoms with van der Waals surface area (Å²) in [4.78, 5) is 12.0. The highest BCUT2D eigenvalue weighted by atomic mass is 16.1. The zero-order valence-corrected chi connectivity index (χ0v) is 11.0. The number of carbonyl (C=O) groups is 1. The smallest absolute Gasteiger partial charge is 0.224 e. The van der Waals surface area contributed by atoms with Crippen molar-refractivity contribution < 1.29 is 4.79 Å². The lowest BCUT2D eigenvalue weighted by atomic mass is 9.84. The molecule has 1 saturated carbocycles. The van der Waals surface area contributed by atoms with Gasteiger partial charge in [-0.3, -0.25) is 4.79 Å². The highest BCUT2D eigenvalue weighted by Gasteiger charge is 2.31. The molecule has 0 aromatic heterocycles. The van der Waals surface area contributed by atoms with E-state index < -0.39 is 0 Å². The molecule has 1 rings (SSSR count). The molecule has 3 nitrogen and oxygen atoms in total. The van der Waals surface area contributed by atoms with Gasteiger partial charge in [-0.15, -0.1) is 0 Å². The van der Waals surface area contributed by atoms with Crippen molar-refractivity contribution in [2.45, 2.75) is 53.0 Å². The Balaban J connectivity index is 2.42. The molecule has 0 aliphatic heterocycles. The Morgan fingerprint density at radius 2 is 2.00 bits per heavy atom. The maximum Gasteiger partial charge on any atom is 0.224 e. The van der Waals surface area contributed by atoms with Gasteiger partial charge in [0.1, 0.15) is 0 Å². The molecule has 2 unspecified atom stereocenters. The highest BCUT2D eigenvalue weighted by Crippen LogP contribution is 2.32. The van der Waals surface area contributed by atoms with Gasteiger partial charge in [-0.2, -0.15) is 0 Å². The second-order valence-electron chi connectivity index (χ2n) is 6.33. The van der Waals surface area contributed by atoms with Crippen LogP contribution in [0.1, 0.15) is 47.0 Å². The molecule has 1 aliphatic rings. The van der Waals surface area contributed by atoms with Gasteiger partial charge in [-0.1, -0.05) is 20.8 Å². The lowest BCUT2D eigenvalue weighted by Gasteiger charge is -2.25. The fourth-order valence-electron chi connectivity index (χ4n) is 2.08. The third-order valence-corrected chi connectivity index (χ3v) is 3.21. The number of hydrogen-bond donors (Lipinski definition) is 2. The summed E-state index contributed by atoms with van der Waals surface area (Å²) in [5.41, 5.74) is 5.84. The van der Waals surface area contributed by atoms with Crippen LogP contribution in [0.15, 0.2) is 0 Å². The molecule has 0 bridgehead atoms. The molecular weight excluding hydrogens is 200 g/mol. The summed E-state index contributed by atoms with van der Waals surface area (Å²) >= 11 is 0. The number of amides is 1. The molecule has 0 saturated heterocycles. The molecule has 1 amide bonds. The van der Waals surface area contributed by atoms with E-state index in [4.69, 9.17) is 5.73 Å². The minimum Gasteiger partial charge on any atom is -0.353 e. The fourth-order valence-corrected chi connectivity index (χ4v) is 2.08. The van der Waals surface area contributed by atoms with Gasteiger partial charge >= 0.3 is 0 Å². The molecule has 1 aliphatic carbocycles. The Bertz CT molecular complexity index is 241. The van der Waals surface area contributed by atoms with Crippen molar-refractivity contribution in [1.29, 1.82) is 0 Å². The van der Waals surface area contributed by atoms with Crippen molar-refractivity contribution in [3.05, 3.63) is 0 Å². The lowest BCUT2D eigenvalue weighted by Crippen LogP contribution is -2.42. The summed E-state index contributed by atoms with van der Waals surface area (Å²) in [6.07, 6.45) is 3.37. The van der Waals surface area contributed by atoms with Crippen molar-refractivity contribution in [2.24, 2.45) is 23.0 Å². The van der Waals surface area contributed by atoms with Crippen LogP contribution in [-0.4, -0.2) is 18.5 Å². The maximum atomic E-state index is 12.0. The van der Waals surface area contributed by atoms with Crippen molar-refractivity contribution in [2.75, 3.05) is 6.54 Å². The Labute approximate surface area is 99.2 Å². The van der Waals surface area contributed by atoms with E-state index in [1.54, 1.807) is 0 Å². The third-order valence-electron chi connectivity index (χ3n) is 3.21. The van der Waals surface area contributed by atoms with Crippen LogP contribution in [0.25, 0.3) is 0 Å². The second kappa shape index (κ2) is 5.17. The topological polar surface area (TPSA) is 55.1 Å². The van der Waals surface area contributed by atoms with Gasteiger partial charge in [0.15, 0.2) is 0 Å². The van der Waals surface area contributed by atoms with Crippen molar-refractivity contribution >= 4 is 5.91 Å². The summed E-state index contributed by atoms with van der Waals surface area (Å²) in [7, 11) is 0. The van der Waals surface area contributed by atoms with Gasteiger partial charge in [-0.05, 0) is 37.5 Å². The van der Waals surface area contributed by atoms with E-state index in [1.165, 1.54) is 12.8 Å². The summed E-state index contributed by atoms with van der Waals surface area (Å²) in [6, 6.07) is 0.321. The molecule has 0 heterocycles. The van der Waals surface area contributed by atoms with E-state index in [1.807, 2.05) is 0 Å². The van der Waals surface area contributed by atoms with Gasteiger partial charge in [0, 0.05) is 12.6 Å². The molecular formula is C13H26N2O. The van der Waals surface area contributed by atoms with Crippen LogP contribution in [0, 0.1) is 17.3 Å². The number of rotatable bonds is 5. The van der Waals surface area contributed by atoms with E-state index in [0.717, 1.165) is 6.42 Å². The average molecular weight is 226 g/mol. The van der Waals surface area contributed by atoms with E-state index >= 15 is 0 Å². The summed E-state index contributed by atoms with van der Waals surface area (Å²) in [5.74, 6) is 0.801. The zero-order chi connectivity index (χ0) is 12.3. The fraction of sp³-hybridized carbons (Fsp3) is 0.923. The first kappa shape index (κ1) is 13.5. The van der Waals surface area contributed by atoms with Crippen molar-refractivity contribution in [3.63, 3.8) is 0 Å². The van der Waals surface area contributed by atoms with Gasteiger partial charge in [0.25, 0.3) is 0 Å². The molecule has 16 heavy (non-hydrogen) atoms. The number of carbonyl (C=O) groups excluding carboxylic acids is 1. The average Bonchev–Trinajstić information content (AvgIpc) is 2.95. The highest BCUT2D eigenvalue weighted by molar-refractivity contribution is 5.79. The number of nitrogens with two attached hydrogens (primary N) is 1. The monoisotopic (exact) mass is 226 g/mol. The SMILES string of the molecule is CC(NC(=O)C(CN)CC(C)(C)C)C1CC1. The molecule has 0 spiro atoms. The molecule has 2 atom stereocenters. The molecule has 1 fully saturated rings. The Morgan fingerprint density at radius 1 is 1.44 bits per heavy atom. The molecule has 0 aromatic carbocycles. The second-order valence-corrected chi connectivity index (χ2v) is 6.33. The van der Waals surface area contributed by atoms with Crippen LogP contribution in [0.2, 0.25) is 0 Å². The van der Waals surface area contributed by atoms with E-state index in [0.29, 0.717) is 18.5 Å². The normalized spacial score (nSPS) is 20.3. The minimum absolute atomic E-state index is 0.0406. The number of nitrogens with one attached hydrogen (secondary N) is 1. The Hall–Kier alpha value is -0.570. The van der Waals surface area contributed by atoms with Crippen LogP contribution in [0.5, 0.6) is 0 Å². The molecule has 94 valence electrons. The summed E-state index contributed by atoms with van der Waals surface area (Å²) in [5, 5.41) is 3.10. The largest absolute Gasteiger partial charge is 0.353 e. The Morgan fingerprint density at radius 3 is 2.38 bits per heavy atom. The summed E-state index contributed by atoms with van der Waals surface area (Å²) in [6.45, 7) is 8.98. The van der Waals surface area contributed by atoms with Crippen LogP contribution < -0.4 is 11.1 Å². The maximum absolute atomic E-state index is 12.0. The molecule has 3 heteroatoms. The predicted molar refractivity (Wildman–Crippen MR) is 66.9 cm³/mol. The van der Waals surface area contributed by atoms with E-state index in [9.17, 15) is 4.79 Å². The predicted octanol–water partition coefficient (Wildman–Crippen LogP) is 1.91. The Kier molecular flexibility index (Phi) is 4.36. The molecule has 0 aromatic rings. The molecule has 3 N–H and O–H groups in total. The first-order valence-electron chi connectivity index (χ1n) is 6.34. The first-order valence-corrected chi connectivity index (χ1v) is 6.34.